The second kappa shape index (κ2) is 4.63. The SMILES string of the molecule is Cc1c(C(=O)NC2CC3CCC(C2)N3C)cnn1C. The molecule has 1 N–H and O–H groups in total. The van der Waals surface area contributed by atoms with Gasteiger partial charge in [-0.2, -0.15) is 5.10 Å². The first kappa shape index (κ1) is 12.7. The van der Waals surface area contributed by atoms with Crippen LogP contribution in [0.5, 0.6) is 0 Å². The normalized spacial score (nSPS) is 30.6. The molecule has 0 saturated carbocycles. The molecule has 1 aromatic heterocycles. The topological polar surface area (TPSA) is 50.2 Å². The predicted octanol–water partition coefficient (Wildman–Crippen LogP) is 1.08. The van der Waals surface area contributed by atoms with Gasteiger partial charge < -0.3 is 10.2 Å². The molecule has 3 heterocycles. The maximum atomic E-state index is 12.3. The fourth-order valence-corrected chi connectivity index (χ4v) is 3.51. The van der Waals surface area contributed by atoms with Gasteiger partial charge in [0.1, 0.15) is 0 Å². The van der Waals surface area contributed by atoms with E-state index in [0.717, 1.165) is 18.5 Å². The fourth-order valence-electron chi connectivity index (χ4n) is 3.51. The first-order valence-electron chi connectivity index (χ1n) is 7.07. The Hall–Kier alpha value is -1.36. The summed E-state index contributed by atoms with van der Waals surface area (Å²) in [6.45, 7) is 1.93. The Labute approximate surface area is 114 Å². The quantitative estimate of drug-likeness (QED) is 0.868. The summed E-state index contributed by atoms with van der Waals surface area (Å²) in [7, 11) is 4.08. The molecule has 19 heavy (non-hydrogen) atoms. The van der Waals surface area contributed by atoms with Gasteiger partial charge in [0.25, 0.3) is 5.91 Å². The number of carbonyl (C=O) groups excluding carboxylic acids is 1. The second-order valence-corrected chi connectivity index (χ2v) is 5.96. The second-order valence-electron chi connectivity index (χ2n) is 5.96. The van der Waals surface area contributed by atoms with Crippen molar-refractivity contribution in [2.75, 3.05) is 7.05 Å². The molecule has 5 heteroatoms. The van der Waals surface area contributed by atoms with Gasteiger partial charge in [0, 0.05) is 30.9 Å². The van der Waals surface area contributed by atoms with E-state index >= 15 is 0 Å². The van der Waals surface area contributed by atoms with Gasteiger partial charge in [-0.3, -0.25) is 9.48 Å². The molecular weight excluding hydrogens is 240 g/mol. The standard InChI is InChI=1S/C14H22N4O/c1-9-13(8-15-18(9)3)14(19)16-10-6-11-4-5-12(7-10)17(11)2/h8,10-12H,4-7H2,1-3H3,(H,16,19). The molecule has 0 aromatic carbocycles. The molecule has 2 unspecified atom stereocenters. The number of nitrogens with one attached hydrogen (secondary N) is 1. The molecule has 2 atom stereocenters. The van der Waals surface area contributed by atoms with Crippen LogP contribution < -0.4 is 5.32 Å². The van der Waals surface area contributed by atoms with Crippen molar-refractivity contribution in [1.82, 2.24) is 20.0 Å². The van der Waals surface area contributed by atoms with Crippen LogP contribution in [-0.4, -0.2) is 45.8 Å². The Bertz CT molecular complexity index is 482. The van der Waals surface area contributed by atoms with Crippen molar-refractivity contribution >= 4 is 5.91 Å². The predicted molar refractivity (Wildman–Crippen MR) is 73.0 cm³/mol. The fraction of sp³-hybridized carbons (Fsp3) is 0.714. The first-order chi connectivity index (χ1) is 9.06. The number of nitrogens with zero attached hydrogens (tertiary/aromatic N) is 3. The van der Waals surface area contributed by atoms with E-state index in [-0.39, 0.29) is 5.91 Å². The monoisotopic (exact) mass is 262 g/mol. The minimum atomic E-state index is 0.0274. The van der Waals surface area contributed by atoms with Crippen LogP contribution in [0.1, 0.15) is 41.7 Å². The number of amides is 1. The Morgan fingerprint density at radius 3 is 2.47 bits per heavy atom. The maximum absolute atomic E-state index is 12.3. The molecule has 0 aliphatic carbocycles. The van der Waals surface area contributed by atoms with Crippen molar-refractivity contribution in [1.29, 1.82) is 0 Å². The van der Waals surface area contributed by atoms with Crippen LogP contribution >= 0.6 is 0 Å². The summed E-state index contributed by atoms with van der Waals surface area (Å²) >= 11 is 0. The highest BCUT2D eigenvalue weighted by molar-refractivity contribution is 5.95. The maximum Gasteiger partial charge on any atom is 0.254 e. The number of aryl methyl sites for hydroxylation is 1. The largest absolute Gasteiger partial charge is 0.349 e. The van der Waals surface area contributed by atoms with E-state index in [1.165, 1.54) is 12.8 Å². The lowest BCUT2D eigenvalue weighted by molar-refractivity contribution is 0.0882. The number of carbonyl (C=O) groups is 1. The third-order valence-corrected chi connectivity index (χ3v) is 4.91. The van der Waals surface area contributed by atoms with E-state index in [0.29, 0.717) is 23.7 Å². The number of fused-ring (bicyclic) bond motifs is 2. The van der Waals surface area contributed by atoms with Crippen molar-refractivity contribution in [2.24, 2.45) is 7.05 Å². The summed E-state index contributed by atoms with van der Waals surface area (Å²) in [6, 6.07) is 1.62. The van der Waals surface area contributed by atoms with Crippen LogP contribution in [0.4, 0.5) is 0 Å². The van der Waals surface area contributed by atoms with Crippen LogP contribution in [-0.2, 0) is 7.05 Å². The lowest BCUT2D eigenvalue weighted by atomic mass is 9.97. The molecule has 1 amide bonds. The van der Waals surface area contributed by atoms with Crippen molar-refractivity contribution in [3.63, 3.8) is 0 Å². The van der Waals surface area contributed by atoms with Gasteiger partial charge in [0.15, 0.2) is 0 Å². The lowest BCUT2D eigenvalue weighted by Gasteiger charge is -2.36. The zero-order valence-electron chi connectivity index (χ0n) is 11.9. The Morgan fingerprint density at radius 1 is 1.32 bits per heavy atom. The van der Waals surface area contributed by atoms with Gasteiger partial charge in [-0.25, -0.2) is 0 Å². The van der Waals surface area contributed by atoms with E-state index < -0.39 is 0 Å². The van der Waals surface area contributed by atoms with Gasteiger partial charge in [0.2, 0.25) is 0 Å². The van der Waals surface area contributed by atoms with Gasteiger partial charge in [-0.05, 0) is 39.7 Å². The third kappa shape index (κ3) is 2.16. The van der Waals surface area contributed by atoms with Crippen LogP contribution in [0.15, 0.2) is 6.20 Å². The first-order valence-corrected chi connectivity index (χ1v) is 7.07. The molecule has 1 aromatic rings. The highest BCUT2D eigenvalue weighted by Gasteiger charge is 2.38. The lowest BCUT2D eigenvalue weighted by Crippen LogP contribution is -2.48. The van der Waals surface area contributed by atoms with E-state index in [4.69, 9.17) is 0 Å². The zero-order valence-corrected chi connectivity index (χ0v) is 11.9. The van der Waals surface area contributed by atoms with Gasteiger partial charge in [0.05, 0.1) is 11.8 Å². The van der Waals surface area contributed by atoms with E-state index in [2.05, 4.69) is 22.4 Å². The third-order valence-electron chi connectivity index (χ3n) is 4.91. The Kier molecular flexibility index (Phi) is 3.09. The molecule has 3 rings (SSSR count). The van der Waals surface area contributed by atoms with Crippen molar-refractivity contribution in [2.45, 2.75) is 50.7 Å². The van der Waals surface area contributed by atoms with Gasteiger partial charge >= 0.3 is 0 Å². The Morgan fingerprint density at radius 2 is 1.95 bits per heavy atom. The number of hydrogen-bond donors (Lipinski definition) is 1. The Balaban J connectivity index is 1.66. The number of piperidine rings is 1. The molecule has 2 aliphatic rings. The average molecular weight is 262 g/mol. The van der Waals surface area contributed by atoms with Crippen molar-refractivity contribution < 1.29 is 4.79 Å². The van der Waals surface area contributed by atoms with E-state index in [1.807, 2.05) is 14.0 Å². The zero-order chi connectivity index (χ0) is 13.6. The number of rotatable bonds is 2. The van der Waals surface area contributed by atoms with Gasteiger partial charge in [-0.1, -0.05) is 0 Å². The highest BCUT2D eigenvalue weighted by Crippen LogP contribution is 2.34. The molecule has 2 fully saturated rings. The smallest absolute Gasteiger partial charge is 0.254 e. The van der Waals surface area contributed by atoms with Crippen molar-refractivity contribution in [3.8, 4) is 0 Å². The van der Waals surface area contributed by atoms with E-state index in [1.54, 1.807) is 10.9 Å². The molecule has 2 aliphatic heterocycles. The van der Waals surface area contributed by atoms with E-state index in [9.17, 15) is 4.79 Å². The highest BCUT2D eigenvalue weighted by atomic mass is 16.1. The number of aromatic nitrogens is 2. The summed E-state index contributed by atoms with van der Waals surface area (Å²) < 4.78 is 1.74. The summed E-state index contributed by atoms with van der Waals surface area (Å²) in [5.41, 5.74) is 1.63. The molecule has 5 nitrogen and oxygen atoms in total. The molecule has 2 saturated heterocycles. The van der Waals surface area contributed by atoms with Crippen LogP contribution in [0, 0.1) is 6.92 Å². The molecule has 2 bridgehead atoms. The van der Waals surface area contributed by atoms with Crippen LogP contribution in [0.2, 0.25) is 0 Å². The summed E-state index contributed by atoms with van der Waals surface area (Å²) in [4.78, 5) is 14.8. The summed E-state index contributed by atoms with van der Waals surface area (Å²) in [5, 5.41) is 7.32. The minimum absolute atomic E-state index is 0.0274. The minimum Gasteiger partial charge on any atom is -0.349 e. The summed E-state index contributed by atoms with van der Waals surface area (Å²) in [5.74, 6) is 0.0274. The van der Waals surface area contributed by atoms with Crippen LogP contribution in [0.3, 0.4) is 0 Å². The van der Waals surface area contributed by atoms with Crippen LogP contribution in [0.25, 0.3) is 0 Å². The molecular formula is C14H22N4O. The molecule has 0 spiro atoms. The van der Waals surface area contributed by atoms with Gasteiger partial charge in [-0.15, -0.1) is 0 Å². The van der Waals surface area contributed by atoms with Crippen molar-refractivity contribution in [3.05, 3.63) is 17.5 Å². The summed E-state index contributed by atoms with van der Waals surface area (Å²) in [6.07, 6.45) is 6.38. The molecule has 0 radical (unpaired) electrons. The molecule has 104 valence electrons. The number of hydrogen-bond acceptors (Lipinski definition) is 3. The average Bonchev–Trinajstić information content (AvgIpc) is 2.79.